The molecule has 1 atom stereocenters. The maximum atomic E-state index is 12.3. The number of likely N-dealkylation sites (N-methyl/N-ethyl adjacent to an activating group) is 1. The van der Waals surface area contributed by atoms with Crippen molar-refractivity contribution in [1.29, 1.82) is 0 Å². The summed E-state index contributed by atoms with van der Waals surface area (Å²) < 4.78 is 1.91. The summed E-state index contributed by atoms with van der Waals surface area (Å²) in [6, 6.07) is 20.5. The van der Waals surface area contributed by atoms with Crippen molar-refractivity contribution < 1.29 is 4.79 Å². The van der Waals surface area contributed by atoms with Gasteiger partial charge in [-0.3, -0.25) is 9.69 Å². The Morgan fingerprint density at radius 2 is 1.76 bits per heavy atom. The first-order chi connectivity index (χ1) is 14.1. The van der Waals surface area contributed by atoms with Crippen molar-refractivity contribution in [2.75, 3.05) is 13.6 Å². The molecule has 0 bridgehead atoms. The number of benzene rings is 2. The second kappa shape index (κ2) is 10.0. The predicted molar refractivity (Wildman–Crippen MR) is 118 cm³/mol. The van der Waals surface area contributed by atoms with E-state index < -0.39 is 0 Å². The van der Waals surface area contributed by atoms with Crippen LogP contribution in [0.3, 0.4) is 0 Å². The van der Waals surface area contributed by atoms with Gasteiger partial charge in [0.2, 0.25) is 5.91 Å². The number of amides is 1. The lowest BCUT2D eigenvalue weighted by atomic mass is 10.1. The van der Waals surface area contributed by atoms with Gasteiger partial charge in [0.15, 0.2) is 0 Å². The van der Waals surface area contributed by atoms with Gasteiger partial charge in [-0.2, -0.15) is 5.10 Å². The lowest BCUT2D eigenvalue weighted by molar-refractivity contribution is -0.122. The standard InChI is InChI=1S/C24H30N4O/c1-4-11-19(2)25-23(29)18-27(3)16-21-17-28(22-14-9-6-10-15-22)26-24(21)20-12-7-5-8-13-20/h5-10,12-15,17,19H,4,11,16,18H2,1-3H3,(H,25,29)/t19-/m1/s1. The van der Waals surface area contributed by atoms with Crippen molar-refractivity contribution in [3.8, 4) is 16.9 Å². The molecule has 0 saturated heterocycles. The molecule has 1 heterocycles. The Labute approximate surface area is 173 Å². The maximum Gasteiger partial charge on any atom is 0.234 e. The molecule has 0 fully saturated rings. The van der Waals surface area contributed by atoms with Crippen LogP contribution in [-0.2, 0) is 11.3 Å². The third-order valence-electron chi connectivity index (χ3n) is 4.84. The molecule has 5 nitrogen and oxygen atoms in total. The Balaban J connectivity index is 1.78. The third kappa shape index (κ3) is 5.78. The van der Waals surface area contributed by atoms with E-state index in [0.717, 1.165) is 35.3 Å². The highest BCUT2D eigenvalue weighted by molar-refractivity contribution is 5.78. The SMILES string of the molecule is CCC[C@@H](C)NC(=O)CN(C)Cc1cn(-c2ccccc2)nc1-c1ccccc1. The zero-order valence-corrected chi connectivity index (χ0v) is 17.5. The van der Waals surface area contributed by atoms with E-state index in [1.54, 1.807) is 0 Å². The molecular weight excluding hydrogens is 360 g/mol. The van der Waals surface area contributed by atoms with Crippen LogP contribution in [0.25, 0.3) is 16.9 Å². The topological polar surface area (TPSA) is 50.2 Å². The van der Waals surface area contributed by atoms with Crippen LogP contribution in [0.1, 0.15) is 32.3 Å². The number of para-hydroxylation sites is 1. The van der Waals surface area contributed by atoms with Gasteiger partial charge in [-0.25, -0.2) is 4.68 Å². The molecule has 2 aromatic carbocycles. The second-order valence-electron chi connectivity index (χ2n) is 7.58. The average molecular weight is 391 g/mol. The number of carbonyl (C=O) groups is 1. The van der Waals surface area contributed by atoms with Crippen LogP contribution in [-0.4, -0.2) is 40.2 Å². The first-order valence-corrected chi connectivity index (χ1v) is 10.2. The number of nitrogens with one attached hydrogen (secondary N) is 1. The van der Waals surface area contributed by atoms with E-state index in [4.69, 9.17) is 5.10 Å². The minimum atomic E-state index is 0.0603. The molecule has 5 heteroatoms. The summed E-state index contributed by atoms with van der Waals surface area (Å²) in [4.78, 5) is 14.4. The van der Waals surface area contributed by atoms with Crippen molar-refractivity contribution >= 4 is 5.91 Å². The van der Waals surface area contributed by atoms with Crippen LogP contribution in [0.15, 0.2) is 66.9 Å². The number of hydrogen-bond acceptors (Lipinski definition) is 3. The zero-order chi connectivity index (χ0) is 20.6. The fraction of sp³-hybridized carbons (Fsp3) is 0.333. The molecule has 3 rings (SSSR count). The smallest absolute Gasteiger partial charge is 0.234 e. The highest BCUT2D eigenvalue weighted by Gasteiger charge is 2.16. The number of hydrogen-bond donors (Lipinski definition) is 1. The van der Waals surface area contributed by atoms with Crippen LogP contribution >= 0.6 is 0 Å². The first kappa shape index (κ1) is 20.8. The molecule has 0 aliphatic rings. The number of rotatable bonds is 9. The summed E-state index contributed by atoms with van der Waals surface area (Å²) in [5, 5.41) is 7.92. The second-order valence-corrected chi connectivity index (χ2v) is 7.58. The summed E-state index contributed by atoms with van der Waals surface area (Å²) in [5.74, 6) is 0.0603. The Morgan fingerprint density at radius 1 is 1.10 bits per heavy atom. The molecule has 0 saturated carbocycles. The minimum absolute atomic E-state index is 0.0603. The van der Waals surface area contributed by atoms with Crippen LogP contribution in [0.4, 0.5) is 0 Å². The van der Waals surface area contributed by atoms with Crippen LogP contribution in [0.5, 0.6) is 0 Å². The Hall–Kier alpha value is -2.92. The number of carbonyl (C=O) groups excluding carboxylic acids is 1. The van der Waals surface area contributed by atoms with Gasteiger partial charge in [-0.1, -0.05) is 61.9 Å². The van der Waals surface area contributed by atoms with E-state index >= 15 is 0 Å². The van der Waals surface area contributed by atoms with E-state index in [0.29, 0.717) is 13.1 Å². The first-order valence-electron chi connectivity index (χ1n) is 10.2. The van der Waals surface area contributed by atoms with E-state index in [1.165, 1.54) is 0 Å². The molecule has 0 aliphatic carbocycles. The summed E-state index contributed by atoms with van der Waals surface area (Å²) in [5.41, 5.74) is 4.13. The Kier molecular flexibility index (Phi) is 7.19. The van der Waals surface area contributed by atoms with Crippen molar-refractivity contribution in [2.45, 2.75) is 39.3 Å². The van der Waals surface area contributed by atoms with Gasteiger partial charge in [0.1, 0.15) is 0 Å². The summed E-state index contributed by atoms with van der Waals surface area (Å²) in [6.45, 7) is 5.19. The molecule has 3 aromatic rings. The lowest BCUT2D eigenvalue weighted by Crippen LogP contribution is -2.39. The van der Waals surface area contributed by atoms with Crippen LogP contribution in [0.2, 0.25) is 0 Å². The van der Waals surface area contributed by atoms with E-state index in [9.17, 15) is 4.79 Å². The highest BCUT2D eigenvalue weighted by atomic mass is 16.2. The van der Waals surface area contributed by atoms with E-state index in [-0.39, 0.29) is 11.9 Å². The Morgan fingerprint density at radius 3 is 2.41 bits per heavy atom. The van der Waals surface area contributed by atoms with E-state index in [1.807, 2.05) is 65.2 Å². The molecule has 0 unspecified atom stereocenters. The van der Waals surface area contributed by atoms with Gasteiger partial charge in [-0.15, -0.1) is 0 Å². The number of nitrogens with zero attached hydrogens (tertiary/aromatic N) is 3. The third-order valence-corrected chi connectivity index (χ3v) is 4.84. The van der Waals surface area contributed by atoms with Gasteiger partial charge in [0, 0.05) is 29.9 Å². The molecule has 0 aliphatic heterocycles. The van der Waals surface area contributed by atoms with Gasteiger partial charge < -0.3 is 5.32 Å². The minimum Gasteiger partial charge on any atom is -0.353 e. The van der Waals surface area contributed by atoms with Gasteiger partial charge in [0.05, 0.1) is 17.9 Å². The molecule has 29 heavy (non-hydrogen) atoms. The molecule has 0 spiro atoms. The maximum absolute atomic E-state index is 12.3. The predicted octanol–water partition coefficient (Wildman–Crippen LogP) is 4.28. The summed E-state index contributed by atoms with van der Waals surface area (Å²) in [6.07, 6.45) is 4.12. The van der Waals surface area contributed by atoms with Crippen molar-refractivity contribution in [2.24, 2.45) is 0 Å². The molecule has 152 valence electrons. The fourth-order valence-electron chi connectivity index (χ4n) is 3.49. The van der Waals surface area contributed by atoms with Crippen molar-refractivity contribution in [1.82, 2.24) is 20.0 Å². The van der Waals surface area contributed by atoms with Crippen LogP contribution in [0, 0.1) is 0 Å². The van der Waals surface area contributed by atoms with Crippen molar-refractivity contribution in [3.05, 3.63) is 72.4 Å². The Bertz CT molecular complexity index is 905. The summed E-state index contributed by atoms with van der Waals surface area (Å²) in [7, 11) is 1.97. The molecule has 0 radical (unpaired) electrons. The quantitative estimate of drug-likeness (QED) is 0.593. The lowest BCUT2D eigenvalue weighted by Gasteiger charge is -2.18. The molecule has 1 N–H and O–H groups in total. The molecular formula is C24H30N4O. The monoisotopic (exact) mass is 390 g/mol. The van der Waals surface area contributed by atoms with Gasteiger partial charge in [-0.05, 0) is 32.5 Å². The van der Waals surface area contributed by atoms with Crippen LogP contribution < -0.4 is 5.32 Å². The number of aromatic nitrogens is 2. The van der Waals surface area contributed by atoms with Gasteiger partial charge in [0.25, 0.3) is 0 Å². The fourth-order valence-corrected chi connectivity index (χ4v) is 3.49. The molecule has 1 aromatic heterocycles. The average Bonchev–Trinajstić information content (AvgIpc) is 3.13. The normalized spacial score (nSPS) is 12.1. The molecule has 1 amide bonds. The largest absolute Gasteiger partial charge is 0.353 e. The van der Waals surface area contributed by atoms with Crippen molar-refractivity contribution in [3.63, 3.8) is 0 Å². The zero-order valence-electron chi connectivity index (χ0n) is 17.5. The van der Waals surface area contributed by atoms with E-state index in [2.05, 4.69) is 37.5 Å². The summed E-state index contributed by atoms with van der Waals surface area (Å²) >= 11 is 0. The highest BCUT2D eigenvalue weighted by Crippen LogP contribution is 2.24. The van der Waals surface area contributed by atoms with Gasteiger partial charge >= 0.3 is 0 Å².